The van der Waals surface area contributed by atoms with Crippen molar-refractivity contribution < 1.29 is 4.42 Å². The van der Waals surface area contributed by atoms with Gasteiger partial charge in [-0.25, -0.2) is 9.97 Å². The zero-order valence-corrected chi connectivity index (χ0v) is 10.7. The lowest BCUT2D eigenvalue weighted by Crippen LogP contribution is -2.30. The standard InChI is InChI=1S/C14H17N3O/c1-14(2)5-11(15)10-7-16-13(17-12(10)6-14)9-3-4-18-8-9/h3-4,7-8,11H,5-6,15H2,1-2H3. The van der Waals surface area contributed by atoms with Crippen LogP contribution in [0.5, 0.6) is 0 Å². The highest BCUT2D eigenvalue weighted by atomic mass is 16.3. The highest BCUT2D eigenvalue weighted by Gasteiger charge is 2.31. The Morgan fingerprint density at radius 3 is 3.00 bits per heavy atom. The van der Waals surface area contributed by atoms with Gasteiger partial charge < -0.3 is 10.2 Å². The van der Waals surface area contributed by atoms with E-state index < -0.39 is 0 Å². The summed E-state index contributed by atoms with van der Waals surface area (Å²) in [6, 6.07) is 1.91. The summed E-state index contributed by atoms with van der Waals surface area (Å²) in [6.45, 7) is 4.46. The number of aromatic nitrogens is 2. The van der Waals surface area contributed by atoms with Gasteiger partial charge in [-0.2, -0.15) is 0 Å². The minimum atomic E-state index is 0.0437. The Balaban J connectivity index is 2.05. The molecule has 2 N–H and O–H groups in total. The van der Waals surface area contributed by atoms with E-state index >= 15 is 0 Å². The first-order chi connectivity index (χ1) is 8.55. The second-order valence-electron chi connectivity index (χ2n) is 5.76. The quantitative estimate of drug-likeness (QED) is 0.836. The van der Waals surface area contributed by atoms with Crippen molar-refractivity contribution in [3.63, 3.8) is 0 Å². The fraction of sp³-hybridized carbons (Fsp3) is 0.429. The molecule has 0 amide bonds. The Kier molecular flexibility index (Phi) is 2.48. The predicted octanol–water partition coefficient (Wildman–Crippen LogP) is 2.71. The van der Waals surface area contributed by atoms with Crippen LogP contribution in [0.25, 0.3) is 11.4 Å². The lowest BCUT2D eigenvalue weighted by Gasteiger charge is -2.34. The molecule has 1 atom stereocenters. The van der Waals surface area contributed by atoms with Gasteiger partial charge in [-0.1, -0.05) is 13.8 Å². The van der Waals surface area contributed by atoms with E-state index in [0.29, 0.717) is 5.82 Å². The Labute approximate surface area is 106 Å². The van der Waals surface area contributed by atoms with Gasteiger partial charge in [-0.15, -0.1) is 0 Å². The molecule has 0 spiro atoms. The SMILES string of the molecule is CC1(C)Cc2nc(-c3ccoc3)ncc2C(N)C1. The molecule has 0 fully saturated rings. The highest BCUT2D eigenvalue weighted by molar-refractivity contribution is 5.53. The minimum absolute atomic E-state index is 0.0437. The number of hydrogen-bond donors (Lipinski definition) is 1. The molecule has 0 saturated carbocycles. The third-order valence-corrected chi connectivity index (χ3v) is 3.50. The molecular weight excluding hydrogens is 226 g/mol. The van der Waals surface area contributed by atoms with E-state index in [9.17, 15) is 0 Å². The maximum absolute atomic E-state index is 6.19. The van der Waals surface area contributed by atoms with Crippen LogP contribution in [0.4, 0.5) is 0 Å². The van der Waals surface area contributed by atoms with Gasteiger partial charge in [0.1, 0.15) is 6.26 Å². The number of nitrogens with zero attached hydrogens (tertiary/aromatic N) is 2. The van der Waals surface area contributed by atoms with Gasteiger partial charge >= 0.3 is 0 Å². The second-order valence-corrected chi connectivity index (χ2v) is 5.76. The molecule has 4 nitrogen and oxygen atoms in total. The molecule has 1 aliphatic carbocycles. The van der Waals surface area contributed by atoms with Crippen molar-refractivity contribution in [1.29, 1.82) is 0 Å². The number of rotatable bonds is 1. The molecule has 0 aromatic carbocycles. The van der Waals surface area contributed by atoms with Crippen LogP contribution in [-0.4, -0.2) is 9.97 Å². The third-order valence-electron chi connectivity index (χ3n) is 3.50. The molecule has 3 rings (SSSR count). The molecule has 2 heterocycles. The topological polar surface area (TPSA) is 64.9 Å². The van der Waals surface area contributed by atoms with Crippen molar-refractivity contribution >= 4 is 0 Å². The molecule has 2 aromatic rings. The maximum atomic E-state index is 6.19. The third kappa shape index (κ3) is 1.93. The summed E-state index contributed by atoms with van der Waals surface area (Å²) in [5.41, 5.74) is 9.47. The molecule has 94 valence electrons. The van der Waals surface area contributed by atoms with Gasteiger partial charge in [-0.05, 0) is 24.3 Å². The van der Waals surface area contributed by atoms with Crippen molar-refractivity contribution in [3.8, 4) is 11.4 Å². The zero-order chi connectivity index (χ0) is 12.8. The first-order valence-electron chi connectivity index (χ1n) is 6.19. The molecule has 2 aromatic heterocycles. The van der Waals surface area contributed by atoms with Crippen molar-refractivity contribution in [3.05, 3.63) is 36.0 Å². The van der Waals surface area contributed by atoms with Gasteiger partial charge in [0.05, 0.1) is 11.8 Å². The van der Waals surface area contributed by atoms with E-state index in [0.717, 1.165) is 29.7 Å². The molecule has 1 unspecified atom stereocenters. The Bertz CT molecular complexity index is 560. The Morgan fingerprint density at radius 1 is 1.44 bits per heavy atom. The molecular formula is C14H17N3O. The van der Waals surface area contributed by atoms with Crippen molar-refractivity contribution in [2.45, 2.75) is 32.7 Å². The van der Waals surface area contributed by atoms with Crippen LogP contribution < -0.4 is 5.73 Å². The van der Waals surface area contributed by atoms with E-state index in [2.05, 4.69) is 23.8 Å². The summed E-state index contributed by atoms with van der Waals surface area (Å²) >= 11 is 0. The van der Waals surface area contributed by atoms with E-state index in [1.807, 2.05) is 12.3 Å². The monoisotopic (exact) mass is 243 g/mol. The normalized spacial score (nSPS) is 21.6. The number of nitrogens with two attached hydrogens (primary N) is 1. The number of furan rings is 1. The van der Waals surface area contributed by atoms with E-state index in [4.69, 9.17) is 10.2 Å². The zero-order valence-electron chi connectivity index (χ0n) is 10.7. The summed E-state index contributed by atoms with van der Waals surface area (Å²) in [7, 11) is 0. The first-order valence-corrected chi connectivity index (χ1v) is 6.19. The number of fused-ring (bicyclic) bond motifs is 1. The van der Waals surface area contributed by atoms with Crippen molar-refractivity contribution in [1.82, 2.24) is 9.97 Å². The van der Waals surface area contributed by atoms with Crippen molar-refractivity contribution in [2.24, 2.45) is 11.1 Å². The minimum Gasteiger partial charge on any atom is -0.472 e. The Morgan fingerprint density at radius 2 is 2.28 bits per heavy atom. The van der Waals surface area contributed by atoms with Gasteiger partial charge in [0.2, 0.25) is 0 Å². The highest BCUT2D eigenvalue weighted by Crippen LogP contribution is 2.38. The van der Waals surface area contributed by atoms with Crippen LogP contribution in [-0.2, 0) is 6.42 Å². The molecule has 0 saturated heterocycles. The summed E-state index contributed by atoms with van der Waals surface area (Å²) in [5.74, 6) is 0.715. The van der Waals surface area contributed by atoms with Crippen LogP contribution in [0.2, 0.25) is 0 Å². The van der Waals surface area contributed by atoms with E-state index in [1.165, 1.54) is 0 Å². The fourth-order valence-corrected chi connectivity index (χ4v) is 2.64. The summed E-state index contributed by atoms with van der Waals surface area (Å²) in [5, 5.41) is 0. The average Bonchev–Trinajstić information content (AvgIpc) is 2.79. The van der Waals surface area contributed by atoms with Crippen LogP contribution in [0.1, 0.15) is 37.6 Å². The molecule has 0 aliphatic heterocycles. The Hall–Kier alpha value is -1.68. The largest absolute Gasteiger partial charge is 0.472 e. The van der Waals surface area contributed by atoms with Gasteiger partial charge in [0.25, 0.3) is 0 Å². The lowest BCUT2D eigenvalue weighted by atomic mass is 9.74. The molecule has 4 heteroatoms. The van der Waals surface area contributed by atoms with E-state index in [1.54, 1.807) is 12.5 Å². The smallest absolute Gasteiger partial charge is 0.162 e. The fourth-order valence-electron chi connectivity index (χ4n) is 2.64. The summed E-state index contributed by atoms with van der Waals surface area (Å²) < 4.78 is 5.07. The molecule has 0 radical (unpaired) electrons. The van der Waals surface area contributed by atoms with Crippen LogP contribution in [0, 0.1) is 5.41 Å². The molecule has 18 heavy (non-hydrogen) atoms. The summed E-state index contributed by atoms with van der Waals surface area (Å²) in [4.78, 5) is 9.03. The van der Waals surface area contributed by atoms with Gasteiger partial charge in [0, 0.05) is 23.5 Å². The van der Waals surface area contributed by atoms with Gasteiger partial charge in [-0.3, -0.25) is 0 Å². The van der Waals surface area contributed by atoms with Gasteiger partial charge in [0.15, 0.2) is 5.82 Å². The molecule has 1 aliphatic rings. The first kappa shape index (κ1) is 11.4. The number of hydrogen-bond acceptors (Lipinski definition) is 4. The molecule has 0 bridgehead atoms. The second kappa shape index (κ2) is 3.92. The van der Waals surface area contributed by atoms with Crippen LogP contribution >= 0.6 is 0 Å². The summed E-state index contributed by atoms with van der Waals surface area (Å²) in [6.07, 6.45) is 7.09. The van der Waals surface area contributed by atoms with Crippen molar-refractivity contribution in [2.75, 3.05) is 0 Å². The van der Waals surface area contributed by atoms with E-state index in [-0.39, 0.29) is 11.5 Å². The van der Waals surface area contributed by atoms with Crippen LogP contribution in [0.3, 0.4) is 0 Å². The predicted molar refractivity (Wildman–Crippen MR) is 68.8 cm³/mol. The lowest BCUT2D eigenvalue weighted by molar-refractivity contribution is 0.278. The van der Waals surface area contributed by atoms with Crippen LogP contribution in [0.15, 0.2) is 29.2 Å². The maximum Gasteiger partial charge on any atom is 0.162 e. The average molecular weight is 243 g/mol.